The van der Waals surface area contributed by atoms with Gasteiger partial charge in [-0.05, 0) is 329 Å². The third kappa shape index (κ3) is 48.5. The van der Waals surface area contributed by atoms with Gasteiger partial charge in [-0.1, -0.05) is 138 Å². The van der Waals surface area contributed by atoms with Crippen molar-refractivity contribution in [3.8, 4) is 0 Å². The van der Waals surface area contributed by atoms with Crippen LogP contribution in [0.1, 0.15) is 296 Å². The van der Waals surface area contributed by atoms with Gasteiger partial charge in [-0.15, -0.1) is 0 Å². The second-order valence-electron chi connectivity index (χ2n) is 37.3. The van der Waals surface area contributed by atoms with E-state index in [1.807, 2.05) is 96.9 Å². The van der Waals surface area contributed by atoms with E-state index in [1.165, 1.54) is 112 Å². The first-order chi connectivity index (χ1) is 52.3. The number of carbonyl (C=O) groups is 9. The van der Waals surface area contributed by atoms with Crippen molar-refractivity contribution in [3.05, 3.63) is 0 Å². The fourth-order valence-electron chi connectivity index (χ4n) is 16.7. The van der Waals surface area contributed by atoms with Gasteiger partial charge in [-0.2, -0.15) is 12.6 Å². The zero-order valence-corrected chi connectivity index (χ0v) is 78.7. The lowest BCUT2D eigenvalue weighted by molar-refractivity contribution is 0.169. The number of thiol groups is 1. The Morgan fingerprint density at radius 1 is 0.270 bits per heavy atom. The Balaban J connectivity index is 0.934. The maximum Gasteiger partial charge on any atom is 0.280 e. The Bertz CT molecular complexity index is 2790. The van der Waals surface area contributed by atoms with Crippen LogP contribution in [0.15, 0.2) is 0 Å². The molecule has 0 aromatic carbocycles. The molecular weight excluding hydrogens is 1590 g/mol. The zero-order chi connectivity index (χ0) is 81.6. The Kier molecular flexibility index (Phi) is 47.6. The van der Waals surface area contributed by atoms with E-state index in [0.717, 1.165) is 244 Å². The van der Waals surface area contributed by atoms with E-state index in [1.54, 1.807) is 0 Å². The molecule has 5 saturated carbocycles. The summed E-state index contributed by atoms with van der Waals surface area (Å²) in [4.78, 5) is 115. The first-order valence-electron chi connectivity index (χ1n) is 42.4. The van der Waals surface area contributed by atoms with Crippen molar-refractivity contribution in [1.29, 1.82) is 0 Å². The van der Waals surface area contributed by atoms with E-state index >= 15 is 0 Å². The molecule has 0 radical (unpaired) electrons. The van der Waals surface area contributed by atoms with Crippen LogP contribution in [-0.2, 0) is 0 Å². The highest BCUT2D eigenvalue weighted by molar-refractivity contribution is 8.15. The minimum absolute atomic E-state index is 0.0134. The summed E-state index contributed by atoms with van der Waals surface area (Å²) in [5.74, 6) is 13.0. The van der Waals surface area contributed by atoms with Crippen LogP contribution in [0.3, 0.4) is 0 Å². The lowest BCUT2D eigenvalue weighted by Crippen LogP contribution is -2.38. The van der Waals surface area contributed by atoms with E-state index in [2.05, 4.69) is 60.5 Å². The van der Waals surface area contributed by atoms with E-state index in [4.69, 9.17) is 0 Å². The summed E-state index contributed by atoms with van der Waals surface area (Å²) < 4.78 is 0. The minimum Gasteiger partial charge on any atom is -0.347 e. The molecule has 0 saturated heterocycles. The SMILES string of the molecule is CC(C)(C)NC(=O)SCCC1CCC(CCSC(=O)NCCCCCCNC(=O)SCCC2CCC(CCSC(=O)NC(C)(C)S)C(CCSC(=O)NC(C)(C)C)C2)C(CCSC(=O)NC2CCC(CC3CCC(NC(=O)SCCC4CC(CCSC(=O)NC(C)(C)C)CCC4CCSC(=O)NC(C)(C)C)CC3)CC2)C1. The van der Waals surface area contributed by atoms with Gasteiger partial charge in [0.1, 0.15) is 0 Å². The Hall–Kier alpha value is -1.27. The van der Waals surface area contributed by atoms with Crippen molar-refractivity contribution in [2.24, 2.45) is 65.1 Å². The number of thioether (sulfide) groups is 9. The standard InChI is InChI=1S/C83H149N9O9S10/c1-79(2,3)88-74(97)107-45-34-60-20-26-62(36-47-104-71(94)85-43-18-16-15-17-42-84-70(93)103-44-33-59-19-27-64(38-49-111-78(101)92-83(13,14)102)67(54-59)41-52-110-77(100)91-82(10,11)12)65(55-60)39-50-105-72(95)86-68-29-22-57(23-30-68)53-58-24-31-69(32-25-58)87-73(96)106-51-40-66-56-61(35-46-108-75(98)89-80(4,5)6)21-28-63(66)37-48-109-76(99)90-81(7,8)9/h57-69,102H,15-56H2,1-14H3,(H,84,93)(H,85,94)(H,86,95)(H,87,96)(H,88,97)(H,89,98)(H,90,99)(H,91,100)(H,92,101). The number of hydrogen-bond donors (Lipinski definition) is 10. The third-order valence-corrected chi connectivity index (χ3v) is 29.8. The lowest BCUT2D eigenvalue weighted by Gasteiger charge is -2.36. The summed E-state index contributed by atoms with van der Waals surface area (Å²) in [6.45, 7) is 29.1. The van der Waals surface area contributed by atoms with Gasteiger partial charge in [-0.25, -0.2) is 0 Å². The molecule has 18 nitrogen and oxygen atoms in total. The van der Waals surface area contributed by atoms with E-state index < -0.39 is 4.87 Å². The highest BCUT2D eigenvalue weighted by atomic mass is 32.2. The van der Waals surface area contributed by atoms with Crippen LogP contribution in [0.4, 0.5) is 43.2 Å². The largest absolute Gasteiger partial charge is 0.347 e. The maximum atomic E-state index is 13.5. The van der Waals surface area contributed by atoms with Gasteiger partial charge < -0.3 is 47.9 Å². The topological polar surface area (TPSA) is 262 Å². The molecule has 0 heterocycles. The molecule has 9 N–H and O–H groups in total. The molecule has 0 aliphatic heterocycles. The third-order valence-electron chi connectivity index (χ3n) is 22.3. The molecule has 0 bridgehead atoms. The van der Waals surface area contributed by atoms with Crippen molar-refractivity contribution in [1.82, 2.24) is 47.9 Å². The van der Waals surface area contributed by atoms with Crippen LogP contribution in [0, 0.1) is 65.1 Å². The zero-order valence-electron chi connectivity index (χ0n) is 70.5. The van der Waals surface area contributed by atoms with Gasteiger partial charge >= 0.3 is 0 Å². The molecule has 9 atom stereocenters. The van der Waals surface area contributed by atoms with Gasteiger partial charge in [0.05, 0.1) is 4.87 Å². The summed E-state index contributed by atoms with van der Waals surface area (Å²) in [7, 11) is 0. The molecule has 9 amide bonds. The smallest absolute Gasteiger partial charge is 0.280 e. The Morgan fingerprint density at radius 2 is 0.505 bits per heavy atom. The van der Waals surface area contributed by atoms with Crippen molar-refractivity contribution in [3.63, 3.8) is 0 Å². The Morgan fingerprint density at radius 3 is 0.775 bits per heavy atom. The quantitative estimate of drug-likeness (QED) is 0.0156. The normalized spacial score (nSPS) is 24.8. The number of unbranched alkanes of at least 4 members (excludes halogenated alkanes) is 3. The molecule has 9 unspecified atom stereocenters. The fraction of sp³-hybridized carbons (Fsp3) is 0.892. The number of nitrogens with one attached hydrogen (secondary N) is 9. The number of carbonyl (C=O) groups excluding carboxylic acids is 9. The van der Waals surface area contributed by atoms with Gasteiger partial charge in [0, 0.05) is 99.1 Å². The van der Waals surface area contributed by atoms with Gasteiger partial charge in [0.15, 0.2) is 0 Å². The van der Waals surface area contributed by atoms with E-state index in [0.29, 0.717) is 78.2 Å². The summed E-state index contributed by atoms with van der Waals surface area (Å²) >= 11 is 17.0. The average molecular weight is 1740 g/mol. The molecule has 5 aliphatic carbocycles. The number of rotatable bonds is 39. The highest BCUT2D eigenvalue weighted by Gasteiger charge is 2.36. The van der Waals surface area contributed by atoms with Crippen LogP contribution in [0.2, 0.25) is 0 Å². The van der Waals surface area contributed by atoms with Crippen molar-refractivity contribution < 1.29 is 43.2 Å². The molecule has 5 rings (SSSR count). The Labute approximate surface area is 715 Å². The second kappa shape index (κ2) is 52.7. The van der Waals surface area contributed by atoms with Crippen LogP contribution >= 0.6 is 118 Å². The molecule has 640 valence electrons. The van der Waals surface area contributed by atoms with Crippen LogP contribution < -0.4 is 47.9 Å². The van der Waals surface area contributed by atoms with Crippen LogP contribution in [0.5, 0.6) is 0 Å². The molecule has 111 heavy (non-hydrogen) atoms. The van der Waals surface area contributed by atoms with Crippen LogP contribution in [0.25, 0.3) is 0 Å². The van der Waals surface area contributed by atoms with Crippen molar-refractivity contribution >= 4 is 166 Å². The number of hydrogen-bond acceptors (Lipinski definition) is 19. The molecule has 5 aliphatic rings. The van der Waals surface area contributed by atoms with E-state index in [9.17, 15) is 43.2 Å². The molecule has 28 heteroatoms. The first-order valence-corrected chi connectivity index (χ1v) is 51.8. The molecular formula is C83H149N9O9S10. The summed E-state index contributed by atoms with van der Waals surface area (Å²) in [6, 6.07) is 0.445. The molecule has 0 spiro atoms. The number of amides is 9. The highest BCUT2D eigenvalue weighted by Crippen LogP contribution is 2.45. The minimum atomic E-state index is -0.560. The second-order valence-corrected chi connectivity index (χ2v) is 48.1. The summed E-state index contributed by atoms with van der Waals surface area (Å²) in [5, 5.41) is 28.6. The van der Waals surface area contributed by atoms with E-state index in [-0.39, 0.29) is 81.4 Å². The van der Waals surface area contributed by atoms with Gasteiger partial charge in [0.25, 0.3) is 47.2 Å². The predicted octanol–water partition coefficient (Wildman–Crippen LogP) is 23.5. The predicted molar refractivity (Wildman–Crippen MR) is 490 cm³/mol. The summed E-state index contributed by atoms with van der Waals surface area (Å²) in [6.07, 6.45) is 32.5. The first kappa shape index (κ1) is 100. The monoisotopic (exact) mass is 1740 g/mol. The fourth-order valence-corrected chi connectivity index (χ4v) is 25.2. The van der Waals surface area contributed by atoms with Crippen molar-refractivity contribution in [2.75, 3.05) is 64.9 Å². The van der Waals surface area contributed by atoms with Gasteiger partial charge in [0.2, 0.25) is 0 Å². The average Bonchev–Trinajstić information content (AvgIpc) is 0.865. The molecule has 0 aromatic heterocycles. The van der Waals surface area contributed by atoms with Crippen molar-refractivity contribution in [2.45, 2.75) is 335 Å². The molecule has 5 fully saturated rings. The molecule has 0 aromatic rings. The van der Waals surface area contributed by atoms with Gasteiger partial charge in [-0.3, -0.25) is 43.2 Å². The van der Waals surface area contributed by atoms with Crippen LogP contribution in [-0.4, -0.2) is 151 Å². The lowest BCUT2D eigenvalue weighted by atomic mass is 9.71. The summed E-state index contributed by atoms with van der Waals surface area (Å²) in [5.41, 5.74) is -1.03. The maximum absolute atomic E-state index is 13.5.